The van der Waals surface area contributed by atoms with Gasteiger partial charge in [0.25, 0.3) is 5.91 Å². The Morgan fingerprint density at radius 1 is 1.30 bits per heavy atom. The number of aromatic nitrogens is 1. The Kier molecular flexibility index (Phi) is 6.29. The number of carbonyl (C=O) groups is 2. The topological polar surface area (TPSA) is 62.3 Å². The van der Waals surface area contributed by atoms with Crippen molar-refractivity contribution in [3.63, 3.8) is 0 Å². The van der Waals surface area contributed by atoms with Gasteiger partial charge in [-0.1, -0.05) is 25.1 Å². The largest absolute Gasteiger partial charge is 0.334 e. The molecule has 23 heavy (non-hydrogen) atoms. The first-order valence-corrected chi connectivity index (χ1v) is 8.60. The van der Waals surface area contributed by atoms with E-state index in [2.05, 4.69) is 10.3 Å². The van der Waals surface area contributed by atoms with Crippen molar-refractivity contribution in [3.8, 4) is 0 Å². The Morgan fingerprint density at radius 3 is 2.65 bits per heavy atom. The smallest absolute Gasteiger partial charge is 0.273 e. The predicted octanol–water partition coefficient (Wildman–Crippen LogP) is 3.41. The minimum Gasteiger partial charge on any atom is -0.334 e. The van der Waals surface area contributed by atoms with Crippen molar-refractivity contribution in [1.29, 1.82) is 0 Å². The molecule has 2 rings (SSSR count). The van der Waals surface area contributed by atoms with Crippen molar-refractivity contribution in [2.24, 2.45) is 0 Å². The van der Waals surface area contributed by atoms with Crippen LogP contribution in [0.1, 0.15) is 37.2 Å². The van der Waals surface area contributed by atoms with Crippen LogP contribution in [0.2, 0.25) is 0 Å². The average Bonchev–Trinajstić information content (AvgIpc) is 3.07. The minimum atomic E-state index is -0.187. The van der Waals surface area contributed by atoms with Gasteiger partial charge in [-0.25, -0.2) is 4.98 Å². The van der Waals surface area contributed by atoms with Gasteiger partial charge >= 0.3 is 0 Å². The Labute approximate surface area is 140 Å². The van der Waals surface area contributed by atoms with Crippen LogP contribution in [0.4, 0.5) is 5.69 Å². The van der Waals surface area contributed by atoms with E-state index in [4.69, 9.17) is 0 Å². The lowest BCUT2D eigenvalue weighted by Crippen LogP contribution is -2.41. The van der Waals surface area contributed by atoms with Crippen molar-refractivity contribution in [3.05, 3.63) is 46.9 Å². The summed E-state index contributed by atoms with van der Waals surface area (Å²) in [6.45, 7) is 4.51. The molecule has 0 radical (unpaired) electrons. The Balaban J connectivity index is 1.99. The quantitative estimate of drug-likeness (QED) is 0.845. The first-order chi connectivity index (χ1) is 11.1. The molecule has 1 aromatic heterocycles. The standard InChI is InChI=1S/C17H21N3O2S/c1-3-9-20(17(22)15-11-23-12-18-15)13(2)10-16(21)19-14-7-5-4-6-8-14/h4-8,11-13H,3,9-10H2,1-2H3,(H,19,21)/t13-/m0/s1. The second-order valence-electron chi connectivity index (χ2n) is 5.34. The van der Waals surface area contributed by atoms with Crippen LogP contribution in [0, 0.1) is 0 Å². The van der Waals surface area contributed by atoms with E-state index < -0.39 is 0 Å². The number of hydrogen-bond donors (Lipinski definition) is 1. The fourth-order valence-corrected chi connectivity index (χ4v) is 2.87. The summed E-state index contributed by atoms with van der Waals surface area (Å²) in [6, 6.07) is 9.13. The summed E-state index contributed by atoms with van der Waals surface area (Å²) < 4.78 is 0. The lowest BCUT2D eigenvalue weighted by molar-refractivity contribution is -0.117. The molecule has 0 fully saturated rings. The van der Waals surface area contributed by atoms with Gasteiger partial charge in [0.05, 0.1) is 5.51 Å². The summed E-state index contributed by atoms with van der Waals surface area (Å²) in [5.41, 5.74) is 2.85. The molecule has 0 aliphatic carbocycles. The number of amides is 2. The SMILES string of the molecule is CCCN(C(=O)c1cscn1)[C@@H](C)CC(=O)Nc1ccccc1. The van der Waals surface area contributed by atoms with E-state index in [9.17, 15) is 9.59 Å². The fourth-order valence-electron chi connectivity index (χ4n) is 2.34. The van der Waals surface area contributed by atoms with Gasteiger partial charge in [-0.15, -0.1) is 11.3 Å². The van der Waals surface area contributed by atoms with Gasteiger partial charge in [-0.3, -0.25) is 9.59 Å². The van der Waals surface area contributed by atoms with E-state index in [1.54, 1.807) is 15.8 Å². The van der Waals surface area contributed by atoms with Gasteiger partial charge in [0.15, 0.2) is 0 Å². The molecule has 1 aromatic carbocycles. The third-order valence-electron chi connectivity index (χ3n) is 3.45. The van der Waals surface area contributed by atoms with Crippen LogP contribution < -0.4 is 5.32 Å². The summed E-state index contributed by atoms with van der Waals surface area (Å²) >= 11 is 1.39. The van der Waals surface area contributed by atoms with Crippen molar-refractivity contribution < 1.29 is 9.59 Å². The molecule has 122 valence electrons. The van der Waals surface area contributed by atoms with E-state index in [0.717, 1.165) is 12.1 Å². The number of rotatable bonds is 7. The third kappa shape index (κ3) is 4.89. The zero-order valence-corrected chi connectivity index (χ0v) is 14.2. The third-order valence-corrected chi connectivity index (χ3v) is 4.03. The number of nitrogens with zero attached hydrogens (tertiary/aromatic N) is 2. The molecular formula is C17H21N3O2S. The van der Waals surface area contributed by atoms with Crippen molar-refractivity contribution in [2.75, 3.05) is 11.9 Å². The van der Waals surface area contributed by atoms with Crippen LogP contribution in [0.3, 0.4) is 0 Å². The van der Waals surface area contributed by atoms with E-state index in [0.29, 0.717) is 12.2 Å². The summed E-state index contributed by atoms with van der Waals surface area (Å²) in [6.07, 6.45) is 1.09. The number of hydrogen-bond acceptors (Lipinski definition) is 4. The van der Waals surface area contributed by atoms with E-state index in [-0.39, 0.29) is 24.3 Å². The number of para-hydroxylation sites is 1. The van der Waals surface area contributed by atoms with Gasteiger partial charge in [0, 0.05) is 30.1 Å². The maximum Gasteiger partial charge on any atom is 0.273 e. The van der Waals surface area contributed by atoms with E-state index in [1.165, 1.54) is 11.3 Å². The molecule has 5 nitrogen and oxygen atoms in total. The number of benzene rings is 1. The van der Waals surface area contributed by atoms with Crippen LogP contribution in [0.5, 0.6) is 0 Å². The molecule has 2 amide bonds. The highest BCUT2D eigenvalue weighted by Gasteiger charge is 2.24. The maximum atomic E-state index is 12.5. The molecule has 0 spiro atoms. The molecule has 0 unspecified atom stereocenters. The monoisotopic (exact) mass is 331 g/mol. The van der Waals surface area contributed by atoms with Gasteiger partial charge in [-0.2, -0.15) is 0 Å². The predicted molar refractivity (Wildman–Crippen MR) is 92.6 cm³/mol. The van der Waals surface area contributed by atoms with Gasteiger partial charge in [-0.05, 0) is 25.5 Å². The molecule has 0 saturated carbocycles. The summed E-state index contributed by atoms with van der Waals surface area (Å²) in [7, 11) is 0. The number of carbonyl (C=O) groups excluding carboxylic acids is 2. The summed E-state index contributed by atoms with van der Waals surface area (Å²) in [4.78, 5) is 30.5. The molecular weight excluding hydrogens is 310 g/mol. The zero-order chi connectivity index (χ0) is 16.7. The van der Waals surface area contributed by atoms with Crippen LogP contribution in [-0.4, -0.2) is 34.3 Å². The first-order valence-electron chi connectivity index (χ1n) is 7.66. The fraction of sp³-hybridized carbons (Fsp3) is 0.353. The zero-order valence-electron chi connectivity index (χ0n) is 13.4. The van der Waals surface area contributed by atoms with Gasteiger partial charge in [0.1, 0.15) is 5.69 Å². The molecule has 2 aromatic rings. The molecule has 1 atom stereocenters. The van der Waals surface area contributed by atoms with Crippen LogP contribution in [-0.2, 0) is 4.79 Å². The molecule has 0 aliphatic rings. The molecule has 1 N–H and O–H groups in total. The van der Waals surface area contributed by atoms with Crippen molar-refractivity contribution in [2.45, 2.75) is 32.7 Å². The molecule has 0 saturated heterocycles. The highest BCUT2D eigenvalue weighted by Crippen LogP contribution is 2.13. The number of thiazole rings is 1. The Hall–Kier alpha value is -2.21. The van der Waals surface area contributed by atoms with E-state index in [1.807, 2.05) is 44.2 Å². The van der Waals surface area contributed by atoms with Crippen molar-refractivity contribution >= 4 is 28.8 Å². The number of anilines is 1. The summed E-state index contributed by atoms with van der Waals surface area (Å²) in [5, 5.41) is 4.59. The first kappa shape index (κ1) is 17.1. The highest BCUT2D eigenvalue weighted by molar-refractivity contribution is 7.07. The maximum absolute atomic E-state index is 12.5. The minimum absolute atomic E-state index is 0.101. The molecule has 6 heteroatoms. The lowest BCUT2D eigenvalue weighted by Gasteiger charge is -2.28. The van der Waals surface area contributed by atoms with Gasteiger partial charge < -0.3 is 10.2 Å². The second kappa shape index (κ2) is 8.43. The Bertz CT molecular complexity index is 629. The molecule has 1 heterocycles. The normalized spacial score (nSPS) is 11.7. The molecule has 0 bridgehead atoms. The van der Waals surface area contributed by atoms with Crippen LogP contribution >= 0.6 is 11.3 Å². The number of nitrogens with one attached hydrogen (secondary N) is 1. The van der Waals surface area contributed by atoms with Crippen LogP contribution in [0.15, 0.2) is 41.2 Å². The van der Waals surface area contributed by atoms with Crippen molar-refractivity contribution in [1.82, 2.24) is 9.88 Å². The lowest BCUT2D eigenvalue weighted by atomic mass is 10.1. The average molecular weight is 331 g/mol. The van der Waals surface area contributed by atoms with Gasteiger partial charge in [0.2, 0.25) is 5.91 Å². The van der Waals surface area contributed by atoms with E-state index >= 15 is 0 Å². The summed E-state index contributed by atoms with van der Waals surface area (Å²) in [5.74, 6) is -0.219. The highest BCUT2D eigenvalue weighted by atomic mass is 32.1. The Morgan fingerprint density at radius 2 is 2.04 bits per heavy atom. The second-order valence-corrected chi connectivity index (χ2v) is 6.06. The van der Waals surface area contributed by atoms with Crippen LogP contribution in [0.25, 0.3) is 0 Å². The molecule has 0 aliphatic heterocycles.